The highest BCUT2D eigenvalue weighted by Crippen LogP contribution is 2.49. The Morgan fingerprint density at radius 2 is 0.923 bits per heavy atom. The summed E-state index contributed by atoms with van der Waals surface area (Å²) >= 11 is 3.92. The second kappa shape index (κ2) is 5.06. The Hall–Kier alpha value is -2.42. The molecule has 0 spiro atoms. The van der Waals surface area contributed by atoms with Gasteiger partial charge < -0.3 is 0 Å². The van der Waals surface area contributed by atoms with Gasteiger partial charge in [-0.3, -0.25) is 0 Å². The predicted molar refractivity (Wildman–Crippen MR) is 119 cm³/mol. The zero-order valence-electron chi connectivity index (χ0n) is 14.6. The lowest BCUT2D eigenvalue weighted by molar-refractivity contribution is 1.57. The van der Waals surface area contributed by atoms with E-state index in [-0.39, 0.29) is 0 Å². The Bertz CT molecular complexity index is 1380. The zero-order valence-corrected chi connectivity index (χ0v) is 16.2. The van der Waals surface area contributed by atoms with Gasteiger partial charge >= 0.3 is 0 Å². The molecule has 0 atom stereocenters. The smallest absolute Gasteiger partial charge is 0.0548 e. The van der Waals surface area contributed by atoms with Crippen LogP contribution in [0.25, 0.3) is 51.1 Å². The topological polar surface area (TPSA) is 0 Å². The van der Waals surface area contributed by atoms with E-state index >= 15 is 0 Å². The third-order valence-electron chi connectivity index (χ3n) is 5.51. The molecule has 0 N–H and O–H groups in total. The molecule has 0 radical (unpaired) electrons. The van der Waals surface area contributed by atoms with E-state index in [0.29, 0.717) is 0 Å². The van der Waals surface area contributed by atoms with E-state index in [1.807, 2.05) is 22.7 Å². The molecule has 0 saturated carbocycles. The molecule has 2 heterocycles. The first-order valence-corrected chi connectivity index (χ1v) is 10.5. The van der Waals surface area contributed by atoms with E-state index in [2.05, 4.69) is 74.5 Å². The van der Waals surface area contributed by atoms with Gasteiger partial charge in [-0.15, -0.1) is 22.7 Å². The summed E-state index contributed by atoms with van der Waals surface area (Å²) in [5, 5.41) is 8.40. The lowest BCUT2D eigenvalue weighted by Gasteiger charge is -2.04. The van der Waals surface area contributed by atoms with E-state index in [4.69, 9.17) is 0 Å². The average Bonchev–Trinajstić information content (AvgIpc) is 3.17. The summed E-state index contributed by atoms with van der Waals surface area (Å²) in [5.74, 6) is 0. The molecule has 2 aromatic heterocycles. The standard InChI is InChI=1S/C24H16S2/c1-13-11-19-21(17-9-5-3-7-15(13)17)23-24(25-19)22-18-10-6-4-8-16(18)14(2)12-20(22)26-23/h3-12H,1-2H3. The van der Waals surface area contributed by atoms with Gasteiger partial charge in [0.05, 0.1) is 9.40 Å². The fraction of sp³-hybridized carbons (Fsp3) is 0.0833. The Labute approximate surface area is 159 Å². The Morgan fingerprint density at radius 1 is 0.538 bits per heavy atom. The van der Waals surface area contributed by atoms with Crippen molar-refractivity contribution in [3.8, 4) is 0 Å². The van der Waals surface area contributed by atoms with Crippen molar-refractivity contribution in [1.82, 2.24) is 0 Å². The summed E-state index contributed by atoms with van der Waals surface area (Å²) in [7, 11) is 0. The number of aryl methyl sites for hydroxylation is 2. The normalized spacial score (nSPS) is 12.2. The first-order valence-electron chi connectivity index (χ1n) is 8.88. The van der Waals surface area contributed by atoms with Crippen LogP contribution < -0.4 is 0 Å². The maximum atomic E-state index is 2.37. The van der Waals surface area contributed by atoms with E-state index in [0.717, 1.165) is 0 Å². The van der Waals surface area contributed by atoms with E-state index in [1.165, 1.54) is 62.2 Å². The van der Waals surface area contributed by atoms with Crippen LogP contribution in [-0.2, 0) is 0 Å². The first kappa shape index (κ1) is 14.7. The van der Waals surface area contributed by atoms with Crippen molar-refractivity contribution >= 4 is 73.8 Å². The molecule has 0 bridgehead atoms. The van der Waals surface area contributed by atoms with Crippen molar-refractivity contribution in [2.45, 2.75) is 13.8 Å². The summed E-state index contributed by atoms with van der Waals surface area (Å²) in [6.45, 7) is 4.46. The number of thiophene rings is 2. The van der Waals surface area contributed by atoms with Crippen molar-refractivity contribution in [2.24, 2.45) is 0 Å². The van der Waals surface area contributed by atoms with Crippen LogP contribution in [0.5, 0.6) is 0 Å². The van der Waals surface area contributed by atoms with Gasteiger partial charge in [-0.25, -0.2) is 0 Å². The highest BCUT2D eigenvalue weighted by molar-refractivity contribution is 7.37. The van der Waals surface area contributed by atoms with Crippen molar-refractivity contribution in [3.05, 3.63) is 71.8 Å². The molecule has 0 unspecified atom stereocenters. The molecule has 0 aliphatic carbocycles. The molecule has 4 aromatic carbocycles. The summed E-state index contributed by atoms with van der Waals surface area (Å²) in [4.78, 5) is 0. The van der Waals surface area contributed by atoms with Gasteiger partial charge in [-0.05, 0) is 58.7 Å². The fourth-order valence-electron chi connectivity index (χ4n) is 4.32. The second-order valence-corrected chi connectivity index (χ2v) is 9.19. The summed E-state index contributed by atoms with van der Waals surface area (Å²) in [6.07, 6.45) is 0. The van der Waals surface area contributed by atoms with Crippen molar-refractivity contribution in [1.29, 1.82) is 0 Å². The number of hydrogen-bond donors (Lipinski definition) is 0. The van der Waals surface area contributed by atoms with Crippen molar-refractivity contribution in [2.75, 3.05) is 0 Å². The minimum atomic E-state index is 1.37. The maximum absolute atomic E-state index is 2.37. The Kier molecular flexibility index (Phi) is 2.87. The highest BCUT2D eigenvalue weighted by atomic mass is 32.1. The van der Waals surface area contributed by atoms with Crippen molar-refractivity contribution < 1.29 is 0 Å². The third kappa shape index (κ3) is 1.78. The molecular weight excluding hydrogens is 352 g/mol. The van der Waals surface area contributed by atoms with Crippen molar-refractivity contribution in [3.63, 3.8) is 0 Å². The van der Waals surface area contributed by atoms with Crippen LogP contribution in [0.1, 0.15) is 11.1 Å². The van der Waals surface area contributed by atoms with Gasteiger partial charge in [0.15, 0.2) is 0 Å². The molecule has 0 fully saturated rings. The zero-order chi connectivity index (χ0) is 17.4. The van der Waals surface area contributed by atoms with Crippen LogP contribution in [0.2, 0.25) is 0 Å². The van der Waals surface area contributed by atoms with Gasteiger partial charge in [0.2, 0.25) is 0 Å². The average molecular weight is 369 g/mol. The molecule has 6 rings (SSSR count). The number of rotatable bonds is 0. The Morgan fingerprint density at radius 3 is 1.35 bits per heavy atom. The minimum absolute atomic E-state index is 1.37. The van der Waals surface area contributed by atoms with Crippen LogP contribution in [0.3, 0.4) is 0 Å². The first-order chi connectivity index (χ1) is 12.7. The summed E-state index contributed by atoms with van der Waals surface area (Å²) in [5.41, 5.74) is 2.74. The largest absolute Gasteiger partial charge is 0.134 e. The van der Waals surface area contributed by atoms with Gasteiger partial charge in [0, 0.05) is 20.2 Å². The molecule has 2 heteroatoms. The third-order valence-corrected chi connectivity index (χ3v) is 7.95. The van der Waals surface area contributed by atoms with Gasteiger partial charge in [0.1, 0.15) is 0 Å². The SMILES string of the molecule is Cc1cc2sc3c(sc4cc(C)c5ccccc5c43)c2c2ccccc12. The lowest BCUT2D eigenvalue weighted by Crippen LogP contribution is -1.78. The molecule has 26 heavy (non-hydrogen) atoms. The maximum Gasteiger partial charge on any atom is 0.0548 e. The molecular formula is C24H16S2. The second-order valence-electron chi connectivity index (χ2n) is 7.09. The van der Waals surface area contributed by atoms with E-state index < -0.39 is 0 Å². The molecule has 0 nitrogen and oxygen atoms in total. The molecule has 6 aromatic rings. The molecule has 0 saturated heterocycles. The molecule has 0 amide bonds. The molecule has 0 aliphatic heterocycles. The lowest BCUT2D eigenvalue weighted by atomic mass is 10.0. The molecule has 124 valence electrons. The highest BCUT2D eigenvalue weighted by Gasteiger charge is 2.17. The number of benzene rings is 4. The van der Waals surface area contributed by atoms with Crippen LogP contribution in [-0.4, -0.2) is 0 Å². The van der Waals surface area contributed by atoms with Crippen LogP contribution in [0.4, 0.5) is 0 Å². The quantitative estimate of drug-likeness (QED) is 0.253. The van der Waals surface area contributed by atoms with Gasteiger partial charge in [-0.1, -0.05) is 48.5 Å². The van der Waals surface area contributed by atoms with Crippen LogP contribution in [0.15, 0.2) is 60.7 Å². The summed E-state index contributed by atoms with van der Waals surface area (Å²) < 4.78 is 5.72. The Balaban J connectivity index is 1.93. The number of hydrogen-bond acceptors (Lipinski definition) is 2. The summed E-state index contributed by atoms with van der Waals surface area (Å²) in [6, 6.07) is 22.4. The predicted octanol–water partition coefficient (Wildman–Crippen LogP) is 8.19. The van der Waals surface area contributed by atoms with Gasteiger partial charge in [0.25, 0.3) is 0 Å². The number of fused-ring (bicyclic) bond motifs is 9. The monoisotopic (exact) mass is 368 g/mol. The van der Waals surface area contributed by atoms with Crippen LogP contribution >= 0.6 is 22.7 Å². The van der Waals surface area contributed by atoms with Gasteiger partial charge in [-0.2, -0.15) is 0 Å². The van der Waals surface area contributed by atoms with E-state index in [9.17, 15) is 0 Å². The van der Waals surface area contributed by atoms with E-state index in [1.54, 1.807) is 0 Å². The minimum Gasteiger partial charge on any atom is -0.134 e. The van der Waals surface area contributed by atoms with Crippen LogP contribution in [0, 0.1) is 13.8 Å². The fourth-order valence-corrected chi connectivity index (χ4v) is 7.27. The molecule has 0 aliphatic rings.